The summed E-state index contributed by atoms with van der Waals surface area (Å²) in [5.41, 5.74) is 0.198. The van der Waals surface area contributed by atoms with E-state index < -0.39 is 22.0 Å². The number of likely N-dealkylation sites (tertiary alicyclic amines) is 1. The number of sulfonamides is 1. The Kier molecular flexibility index (Phi) is 8.69. The van der Waals surface area contributed by atoms with Crippen molar-refractivity contribution in [1.29, 1.82) is 0 Å². The Labute approximate surface area is 237 Å². The van der Waals surface area contributed by atoms with E-state index in [1.165, 1.54) is 33.8 Å². The topological polar surface area (TPSA) is 114 Å². The van der Waals surface area contributed by atoms with Crippen molar-refractivity contribution >= 4 is 38.9 Å². The van der Waals surface area contributed by atoms with E-state index in [-0.39, 0.29) is 35.3 Å². The van der Waals surface area contributed by atoms with Gasteiger partial charge in [-0.2, -0.15) is 4.31 Å². The highest BCUT2D eigenvalue weighted by atomic mass is 32.2. The average Bonchev–Trinajstić information content (AvgIpc) is 3.68. The minimum Gasteiger partial charge on any atom is -0.494 e. The molecule has 2 aliphatic heterocycles. The molecule has 0 radical (unpaired) electrons. The molecule has 2 saturated heterocycles. The van der Waals surface area contributed by atoms with Crippen LogP contribution in [-0.2, 0) is 19.6 Å². The van der Waals surface area contributed by atoms with Gasteiger partial charge in [0, 0.05) is 19.6 Å². The molecule has 1 atom stereocenters. The van der Waals surface area contributed by atoms with Gasteiger partial charge in [0.05, 0.1) is 35.3 Å². The van der Waals surface area contributed by atoms with Gasteiger partial charge in [-0.1, -0.05) is 6.07 Å². The number of nitrogens with zero attached hydrogens (tertiary/aromatic N) is 2. The van der Waals surface area contributed by atoms with Gasteiger partial charge in [0.15, 0.2) is 5.75 Å². The summed E-state index contributed by atoms with van der Waals surface area (Å²) in [6.07, 6.45) is 1.19. The zero-order chi connectivity index (χ0) is 28.1. The maximum Gasteiger partial charge on any atom is 0.264 e. The molecule has 5 rings (SSSR count). The molecule has 0 aliphatic carbocycles. The number of ether oxygens (including phenoxy) is 3. The third-order valence-corrected chi connectivity index (χ3v) is 9.48. The van der Waals surface area contributed by atoms with Gasteiger partial charge in [0.25, 0.3) is 5.91 Å². The van der Waals surface area contributed by atoms with Crippen LogP contribution >= 0.6 is 11.3 Å². The second-order valence-corrected chi connectivity index (χ2v) is 12.2. The fraction of sp³-hybridized carbons (Fsp3) is 0.357. The third kappa shape index (κ3) is 6.15. The number of thiophene rings is 1. The van der Waals surface area contributed by atoms with E-state index in [0.717, 1.165) is 0 Å². The summed E-state index contributed by atoms with van der Waals surface area (Å²) in [7, 11) is -3.83. The molecule has 2 amide bonds. The van der Waals surface area contributed by atoms with Crippen molar-refractivity contribution in [2.75, 3.05) is 44.8 Å². The van der Waals surface area contributed by atoms with Crippen LogP contribution in [0.1, 0.15) is 29.4 Å². The number of rotatable bonds is 9. The van der Waals surface area contributed by atoms with Crippen LogP contribution in [0.5, 0.6) is 17.2 Å². The second-order valence-electron chi connectivity index (χ2n) is 9.30. The van der Waals surface area contributed by atoms with E-state index >= 15 is 0 Å². The minimum atomic E-state index is -3.83. The van der Waals surface area contributed by atoms with E-state index in [2.05, 4.69) is 5.32 Å². The maximum absolute atomic E-state index is 13.5. The number of benzene rings is 2. The Balaban J connectivity index is 1.43. The fourth-order valence-corrected chi connectivity index (χ4v) is 6.84. The molecule has 0 spiro atoms. The van der Waals surface area contributed by atoms with Crippen LogP contribution in [-0.4, -0.2) is 74.9 Å². The number of amides is 2. The monoisotopic (exact) mass is 585 g/mol. The summed E-state index contributed by atoms with van der Waals surface area (Å²) in [4.78, 5) is 28.7. The first-order valence-corrected chi connectivity index (χ1v) is 15.5. The highest BCUT2D eigenvalue weighted by Gasteiger charge is 2.35. The van der Waals surface area contributed by atoms with E-state index in [1.54, 1.807) is 41.3 Å². The Bertz CT molecular complexity index is 1440. The lowest BCUT2D eigenvalue weighted by Crippen LogP contribution is -2.43. The van der Waals surface area contributed by atoms with Crippen LogP contribution in [0, 0.1) is 0 Å². The maximum atomic E-state index is 13.5. The second kappa shape index (κ2) is 12.4. The first-order chi connectivity index (χ1) is 19.4. The van der Waals surface area contributed by atoms with Crippen LogP contribution in [0.2, 0.25) is 0 Å². The summed E-state index contributed by atoms with van der Waals surface area (Å²) in [6, 6.07) is 14.2. The highest BCUT2D eigenvalue weighted by Crippen LogP contribution is 2.34. The summed E-state index contributed by atoms with van der Waals surface area (Å²) in [5.74, 6) is 0.847. The number of carbonyl (C=O) groups excluding carboxylic acids is 2. The van der Waals surface area contributed by atoms with Gasteiger partial charge in [0.2, 0.25) is 15.9 Å². The standard InChI is InChI=1S/C28H31N3O7S2/c1-2-37-20-7-9-21(10-8-20)38-25-12-11-22(40(34,35)30-14-16-36-17-15-30)19-23(25)29-27(32)24-5-3-13-31(24)28(33)26-6-4-18-39-26/h4,6-12,18-19,24H,2-3,5,13-17H2,1H3,(H,29,32). The quantitative estimate of drug-likeness (QED) is 0.400. The Morgan fingerprint density at radius 2 is 1.80 bits per heavy atom. The third-order valence-electron chi connectivity index (χ3n) is 6.73. The predicted octanol–water partition coefficient (Wildman–Crippen LogP) is 4.20. The highest BCUT2D eigenvalue weighted by molar-refractivity contribution is 7.89. The van der Waals surface area contributed by atoms with Gasteiger partial charge in [-0.25, -0.2) is 8.42 Å². The summed E-state index contributed by atoms with van der Waals surface area (Å²) < 4.78 is 45.0. The Hall–Kier alpha value is -3.45. The van der Waals surface area contributed by atoms with Crippen LogP contribution in [0.15, 0.2) is 64.9 Å². The first-order valence-electron chi connectivity index (χ1n) is 13.1. The number of morpholine rings is 1. The molecule has 1 N–H and O–H groups in total. The van der Waals surface area contributed by atoms with E-state index in [9.17, 15) is 18.0 Å². The first kappa shape index (κ1) is 28.1. The van der Waals surface area contributed by atoms with Gasteiger partial charge in [-0.15, -0.1) is 11.3 Å². The lowest BCUT2D eigenvalue weighted by molar-refractivity contribution is -0.119. The van der Waals surface area contributed by atoms with Crippen LogP contribution in [0.4, 0.5) is 5.69 Å². The van der Waals surface area contributed by atoms with Gasteiger partial charge in [-0.3, -0.25) is 9.59 Å². The molecule has 10 nitrogen and oxygen atoms in total. The number of hydrogen-bond donors (Lipinski definition) is 1. The molecule has 212 valence electrons. The fourth-order valence-electron chi connectivity index (χ4n) is 4.73. The van der Waals surface area contributed by atoms with Crippen molar-refractivity contribution in [3.8, 4) is 17.2 Å². The molecule has 1 aromatic heterocycles. The van der Waals surface area contributed by atoms with E-state index in [0.29, 0.717) is 55.6 Å². The predicted molar refractivity (Wildman–Crippen MR) is 151 cm³/mol. The van der Waals surface area contributed by atoms with Crippen molar-refractivity contribution in [3.63, 3.8) is 0 Å². The lowest BCUT2D eigenvalue weighted by Gasteiger charge is -2.27. The molecule has 3 heterocycles. The molecular weight excluding hydrogens is 554 g/mol. The SMILES string of the molecule is CCOc1ccc(Oc2ccc(S(=O)(=O)N3CCOCC3)cc2NC(=O)C2CCCN2C(=O)c2cccs2)cc1. The molecule has 40 heavy (non-hydrogen) atoms. The lowest BCUT2D eigenvalue weighted by atomic mass is 10.2. The van der Waals surface area contributed by atoms with E-state index in [4.69, 9.17) is 14.2 Å². The molecule has 2 fully saturated rings. The molecule has 3 aromatic rings. The van der Waals surface area contributed by atoms with Gasteiger partial charge >= 0.3 is 0 Å². The van der Waals surface area contributed by atoms with Crippen LogP contribution in [0.25, 0.3) is 0 Å². The molecule has 0 saturated carbocycles. The summed E-state index contributed by atoms with van der Waals surface area (Å²) >= 11 is 1.33. The number of carbonyl (C=O) groups is 2. The number of anilines is 1. The van der Waals surface area contributed by atoms with E-state index in [1.807, 2.05) is 12.3 Å². The van der Waals surface area contributed by atoms with Crippen molar-refractivity contribution in [2.45, 2.75) is 30.7 Å². The zero-order valence-corrected chi connectivity index (χ0v) is 23.7. The number of nitrogens with one attached hydrogen (secondary N) is 1. The molecular formula is C28H31N3O7S2. The van der Waals surface area contributed by atoms with Crippen molar-refractivity contribution in [3.05, 3.63) is 64.9 Å². The van der Waals surface area contributed by atoms with Gasteiger partial charge in [-0.05, 0) is 73.7 Å². The zero-order valence-electron chi connectivity index (χ0n) is 22.1. The van der Waals surface area contributed by atoms with Crippen molar-refractivity contribution in [1.82, 2.24) is 9.21 Å². The summed E-state index contributed by atoms with van der Waals surface area (Å²) in [6.45, 7) is 4.02. The van der Waals surface area contributed by atoms with Crippen LogP contribution in [0.3, 0.4) is 0 Å². The summed E-state index contributed by atoms with van der Waals surface area (Å²) in [5, 5.41) is 4.69. The average molecular weight is 586 g/mol. The Morgan fingerprint density at radius 3 is 2.50 bits per heavy atom. The smallest absolute Gasteiger partial charge is 0.264 e. The molecule has 1 unspecified atom stereocenters. The molecule has 0 bridgehead atoms. The van der Waals surface area contributed by atoms with Gasteiger partial charge < -0.3 is 24.4 Å². The van der Waals surface area contributed by atoms with Crippen molar-refractivity contribution in [2.24, 2.45) is 0 Å². The van der Waals surface area contributed by atoms with Crippen LogP contribution < -0.4 is 14.8 Å². The Morgan fingerprint density at radius 1 is 1.05 bits per heavy atom. The van der Waals surface area contributed by atoms with Crippen molar-refractivity contribution < 1.29 is 32.2 Å². The minimum absolute atomic E-state index is 0.0293. The van der Waals surface area contributed by atoms with Gasteiger partial charge in [0.1, 0.15) is 17.5 Å². The normalized spacial score (nSPS) is 17.9. The molecule has 2 aliphatic rings. The largest absolute Gasteiger partial charge is 0.494 e. The molecule has 12 heteroatoms. The molecule has 2 aromatic carbocycles. The number of hydrogen-bond acceptors (Lipinski definition) is 8.